The fourth-order valence-electron chi connectivity index (χ4n) is 6.83. The fraction of sp³-hybridized carbons (Fsp3) is 0.0488. The van der Waals surface area contributed by atoms with E-state index in [0.717, 1.165) is 33.0 Å². The van der Waals surface area contributed by atoms with Gasteiger partial charge in [-0.25, -0.2) is 15.0 Å². The molecule has 3 aromatic heterocycles. The van der Waals surface area contributed by atoms with Crippen LogP contribution in [-0.2, 0) is 0 Å². The smallest absolute Gasteiger partial charge is 0.182 e. The van der Waals surface area contributed by atoms with Gasteiger partial charge in [0.1, 0.15) is 5.69 Å². The van der Waals surface area contributed by atoms with Crippen molar-refractivity contribution in [2.45, 2.75) is 5.92 Å². The number of allylic oxidation sites excluding steroid dienone is 5. The first-order valence-electron chi connectivity index (χ1n) is 15.5. The van der Waals surface area contributed by atoms with Crippen LogP contribution in [0.25, 0.3) is 67.2 Å². The van der Waals surface area contributed by atoms with E-state index in [2.05, 4.69) is 120 Å². The summed E-state index contributed by atoms with van der Waals surface area (Å²) in [5.41, 5.74) is 7.24. The molecule has 5 nitrogen and oxygen atoms in total. The van der Waals surface area contributed by atoms with Crippen molar-refractivity contribution in [1.82, 2.24) is 24.9 Å². The van der Waals surface area contributed by atoms with Gasteiger partial charge < -0.3 is 0 Å². The summed E-state index contributed by atoms with van der Waals surface area (Å²) in [6.45, 7) is 0. The Morgan fingerprint density at radius 2 is 1.28 bits per heavy atom. The Balaban J connectivity index is 1.28. The van der Waals surface area contributed by atoms with E-state index in [-0.39, 0.29) is 11.8 Å². The molecular formula is C41H27N5. The number of hydrogen-bond donors (Lipinski definition) is 0. The van der Waals surface area contributed by atoms with Crippen LogP contribution in [0.5, 0.6) is 0 Å². The molecule has 2 unspecified atom stereocenters. The van der Waals surface area contributed by atoms with Crippen molar-refractivity contribution in [2.75, 3.05) is 0 Å². The fourth-order valence-corrected chi connectivity index (χ4v) is 6.83. The highest BCUT2D eigenvalue weighted by atomic mass is 15.0. The van der Waals surface area contributed by atoms with E-state index >= 15 is 0 Å². The Kier molecular flexibility index (Phi) is 6.20. The lowest BCUT2D eigenvalue weighted by atomic mass is 9.72. The minimum Gasteiger partial charge on any atom is -0.264 e. The van der Waals surface area contributed by atoms with Crippen LogP contribution < -0.4 is 0 Å². The van der Waals surface area contributed by atoms with Crippen LogP contribution in [-0.4, -0.2) is 24.9 Å². The van der Waals surface area contributed by atoms with Gasteiger partial charge in [-0.2, -0.15) is 0 Å². The predicted octanol–water partition coefficient (Wildman–Crippen LogP) is 9.35. The second-order valence-corrected chi connectivity index (χ2v) is 11.7. The Hall–Kier alpha value is -6.07. The second kappa shape index (κ2) is 10.8. The summed E-state index contributed by atoms with van der Waals surface area (Å²) < 4.78 is 0. The number of hydrogen-bond acceptors (Lipinski definition) is 5. The standard InChI is InChI=1S/C41H27N5/c1-3-13-30-26(10-1)22-36(34-17-7-5-15-32(30)34)39-44-40(37-23-27-11-2-4-14-31(27)33-16-6-8-18-35(33)37)46-41(45-39)38-20-19-29(25-43-38)28-12-9-21-42-24-28/h1-25,32,34H. The molecule has 0 bridgehead atoms. The van der Waals surface area contributed by atoms with Crippen molar-refractivity contribution in [3.63, 3.8) is 0 Å². The monoisotopic (exact) mass is 589 g/mol. The summed E-state index contributed by atoms with van der Waals surface area (Å²) in [4.78, 5) is 24.6. The van der Waals surface area contributed by atoms with Gasteiger partial charge in [-0.15, -0.1) is 0 Å². The van der Waals surface area contributed by atoms with Crippen molar-refractivity contribution >= 4 is 33.2 Å². The summed E-state index contributed by atoms with van der Waals surface area (Å²) in [7, 11) is 0. The molecular weight excluding hydrogens is 562 g/mol. The SMILES string of the molecule is C1=CC2C(c3nc(-c4ccc(-c5cccnc5)cn4)nc(-c4cc5ccccc5c5ccccc45)n3)=Cc3ccccc3C2C=C1. The van der Waals surface area contributed by atoms with Crippen molar-refractivity contribution < 1.29 is 0 Å². The molecule has 0 spiro atoms. The quantitative estimate of drug-likeness (QED) is 0.191. The summed E-state index contributed by atoms with van der Waals surface area (Å²) in [6.07, 6.45) is 16.5. The molecule has 0 saturated heterocycles. The molecule has 216 valence electrons. The minimum atomic E-state index is 0.109. The first-order chi connectivity index (χ1) is 22.8. The van der Waals surface area contributed by atoms with Crippen molar-refractivity contribution in [2.24, 2.45) is 5.92 Å². The molecule has 0 saturated carbocycles. The average molecular weight is 590 g/mol. The van der Waals surface area contributed by atoms with Crippen LogP contribution in [0.3, 0.4) is 0 Å². The number of nitrogens with zero attached hydrogens (tertiary/aromatic N) is 5. The number of aromatic nitrogens is 5. The zero-order valence-corrected chi connectivity index (χ0v) is 24.8. The molecule has 5 heteroatoms. The maximum atomic E-state index is 5.25. The predicted molar refractivity (Wildman–Crippen MR) is 186 cm³/mol. The molecule has 46 heavy (non-hydrogen) atoms. The minimum absolute atomic E-state index is 0.109. The number of benzene rings is 4. The van der Waals surface area contributed by atoms with Gasteiger partial charge in [0.05, 0.1) is 0 Å². The van der Waals surface area contributed by atoms with Gasteiger partial charge in [0.2, 0.25) is 0 Å². The van der Waals surface area contributed by atoms with E-state index in [1.165, 1.54) is 21.9 Å². The summed E-state index contributed by atoms with van der Waals surface area (Å²) in [5, 5.41) is 4.62. The van der Waals surface area contributed by atoms with Gasteiger partial charge >= 0.3 is 0 Å². The largest absolute Gasteiger partial charge is 0.264 e. The highest BCUT2D eigenvalue weighted by molar-refractivity contribution is 6.13. The van der Waals surface area contributed by atoms with Gasteiger partial charge in [0.25, 0.3) is 0 Å². The van der Waals surface area contributed by atoms with Gasteiger partial charge in [0.15, 0.2) is 17.5 Å². The summed E-state index contributed by atoms with van der Waals surface area (Å²) >= 11 is 0. The summed E-state index contributed by atoms with van der Waals surface area (Å²) in [6, 6.07) is 35.8. The molecule has 0 amide bonds. The van der Waals surface area contributed by atoms with E-state index in [0.29, 0.717) is 23.2 Å². The van der Waals surface area contributed by atoms with E-state index in [9.17, 15) is 0 Å². The molecule has 2 aliphatic carbocycles. The highest BCUT2D eigenvalue weighted by Crippen LogP contribution is 2.45. The lowest BCUT2D eigenvalue weighted by Crippen LogP contribution is -2.19. The molecule has 2 atom stereocenters. The number of rotatable bonds is 4. The molecule has 9 rings (SSSR count). The zero-order valence-electron chi connectivity index (χ0n) is 24.8. The van der Waals surface area contributed by atoms with Gasteiger partial charge in [-0.3, -0.25) is 9.97 Å². The van der Waals surface area contributed by atoms with Crippen molar-refractivity contribution in [3.05, 3.63) is 163 Å². The third-order valence-corrected chi connectivity index (χ3v) is 9.05. The molecule has 0 aliphatic heterocycles. The molecule has 0 N–H and O–H groups in total. The van der Waals surface area contributed by atoms with Crippen LogP contribution in [0.4, 0.5) is 0 Å². The summed E-state index contributed by atoms with van der Waals surface area (Å²) in [5.74, 6) is 2.16. The second-order valence-electron chi connectivity index (χ2n) is 11.7. The van der Waals surface area contributed by atoms with Crippen LogP contribution in [0.2, 0.25) is 0 Å². The van der Waals surface area contributed by atoms with Crippen LogP contribution >= 0.6 is 0 Å². The lowest BCUT2D eigenvalue weighted by Gasteiger charge is -2.31. The molecule has 3 heterocycles. The normalized spacial score (nSPS) is 16.7. The average Bonchev–Trinajstić information content (AvgIpc) is 3.14. The van der Waals surface area contributed by atoms with E-state index in [1.807, 2.05) is 30.6 Å². The van der Waals surface area contributed by atoms with Crippen LogP contribution in [0.15, 0.2) is 146 Å². The maximum absolute atomic E-state index is 5.25. The molecule has 4 aromatic carbocycles. The Morgan fingerprint density at radius 3 is 2.13 bits per heavy atom. The van der Waals surface area contributed by atoms with Crippen molar-refractivity contribution in [1.29, 1.82) is 0 Å². The third kappa shape index (κ3) is 4.44. The first kappa shape index (κ1) is 26.3. The molecule has 0 fully saturated rings. The molecule has 7 aromatic rings. The van der Waals surface area contributed by atoms with E-state index in [4.69, 9.17) is 19.9 Å². The van der Waals surface area contributed by atoms with E-state index in [1.54, 1.807) is 6.20 Å². The highest BCUT2D eigenvalue weighted by Gasteiger charge is 2.32. The zero-order chi connectivity index (χ0) is 30.5. The Morgan fingerprint density at radius 1 is 0.543 bits per heavy atom. The van der Waals surface area contributed by atoms with E-state index < -0.39 is 0 Å². The lowest BCUT2D eigenvalue weighted by molar-refractivity contribution is 0.702. The molecule has 0 radical (unpaired) electrons. The number of pyridine rings is 2. The van der Waals surface area contributed by atoms with Crippen molar-refractivity contribution in [3.8, 4) is 34.0 Å². The number of fused-ring (bicyclic) bond motifs is 6. The Labute approximate surface area is 266 Å². The maximum Gasteiger partial charge on any atom is 0.182 e. The van der Waals surface area contributed by atoms with Gasteiger partial charge in [-0.05, 0) is 56.9 Å². The molecule has 2 aliphatic rings. The van der Waals surface area contributed by atoms with Gasteiger partial charge in [-0.1, -0.05) is 109 Å². The first-order valence-corrected chi connectivity index (χ1v) is 15.5. The van der Waals surface area contributed by atoms with Crippen LogP contribution in [0.1, 0.15) is 22.9 Å². The van der Waals surface area contributed by atoms with Gasteiger partial charge in [0, 0.05) is 52.7 Å². The topological polar surface area (TPSA) is 64.5 Å². The Bertz CT molecular complexity index is 2370. The third-order valence-electron chi connectivity index (χ3n) is 9.05. The van der Waals surface area contributed by atoms with Crippen LogP contribution in [0, 0.1) is 5.92 Å².